The maximum Gasteiger partial charge on any atom is 0.410 e. The van der Waals surface area contributed by atoms with Crippen LogP contribution in [0.15, 0.2) is 6.33 Å². The predicted octanol–water partition coefficient (Wildman–Crippen LogP) is 2.06. The lowest BCUT2D eigenvalue weighted by molar-refractivity contribution is 0.0240. The molecule has 0 saturated carbocycles. The fourth-order valence-corrected chi connectivity index (χ4v) is 3.72. The Labute approximate surface area is 153 Å². The van der Waals surface area contributed by atoms with Gasteiger partial charge in [-0.1, -0.05) is 0 Å². The molecule has 2 aromatic rings. The number of nitrogens with zero attached hydrogens (tertiary/aromatic N) is 6. The third-order valence-electron chi connectivity index (χ3n) is 4.90. The Hall–Kier alpha value is -2.38. The van der Waals surface area contributed by atoms with Crippen molar-refractivity contribution >= 4 is 17.7 Å². The van der Waals surface area contributed by atoms with Gasteiger partial charge < -0.3 is 14.5 Å². The Balaban J connectivity index is 1.56. The van der Waals surface area contributed by atoms with Crippen LogP contribution in [0.4, 0.5) is 10.6 Å². The van der Waals surface area contributed by atoms with Crippen molar-refractivity contribution in [2.24, 2.45) is 0 Å². The normalized spacial score (nSPS) is 18.1. The largest absolute Gasteiger partial charge is 0.444 e. The first-order valence-corrected chi connectivity index (χ1v) is 9.37. The van der Waals surface area contributed by atoms with Crippen LogP contribution in [0, 0.1) is 0 Å². The first-order chi connectivity index (χ1) is 12.4. The molecule has 1 amide bonds. The van der Waals surface area contributed by atoms with E-state index in [0.29, 0.717) is 18.9 Å². The Morgan fingerprint density at radius 3 is 2.58 bits per heavy atom. The maximum atomic E-state index is 12.3. The molecule has 0 unspecified atom stereocenters. The summed E-state index contributed by atoms with van der Waals surface area (Å²) in [6.45, 7) is 8.48. The zero-order valence-electron chi connectivity index (χ0n) is 15.7. The summed E-state index contributed by atoms with van der Waals surface area (Å²) in [6.07, 6.45) is 5.72. The Morgan fingerprint density at radius 1 is 1.12 bits per heavy atom. The number of carbonyl (C=O) groups excluding carboxylic acids is 1. The molecule has 1 saturated heterocycles. The first kappa shape index (κ1) is 17.1. The van der Waals surface area contributed by atoms with E-state index in [2.05, 4.69) is 15.0 Å². The lowest BCUT2D eigenvalue weighted by Crippen LogP contribution is -2.50. The highest BCUT2D eigenvalue weighted by Gasteiger charge is 2.29. The lowest BCUT2D eigenvalue weighted by atomic mass is 9.96. The third kappa shape index (κ3) is 3.20. The van der Waals surface area contributed by atoms with E-state index in [9.17, 15) is 4.79 Å². The molecule has 2 aromatic heterocycles. The number of anilines is 1. The van der Waals surface area contributed by atoms with Crippen molar-refractivity contribution in [1.82, 2.24) is 24.5 Å². The minimum Gasteiger partial charge on any atom is -0.444 e. The molecule has 1 fully saturated rings. The van der Waals surface area contributed by atoms with Crippen LogP contribution in [0.3, 0.4) is 0 Å². The molecule has 0 radical (unpaired) electrons. The van der Waals surface area contributed by atoms with Gasteiger partial charge in [0.2, 0.25) is 0 Å². The van der Waals surface area contributed by atoms with Crippen molar-refractivity contribution in [3.63, 3.8) is 0 Å². The zero-order chi connectivity index (χ0) is 18.3. The van der Waals surface area contributed by atoms with E-state index in [4.69, 9.17) is 9.72 Å². The summed E-state index contributed by atoms with van der Waals surface area (Å²) in [4.78, 5) is 25.4. The molecule has 0 atom stereocenters. The Morgan fingerprint density at radius 2 is 1.85 bits per heavy atom. The Bertz CT molecular complexity index is 817. The molecule has 3 heterocycles. The molecule has 8 nitrogen and oxygen atoms in total. The van der Waals surface area contributed by atoms with Crippen molar-refractivity contribution in [2.75, 3.05) is 31.1 Å². The molecular formula is C18H26N6O2. The smallest absolute Gasteiger partial charge is 0.410 e. The second-order valence-electron chi connectivity index (χ2n) is 7.99. The van der Waals surface area contributed by atoms with Crippen LogP contribution in [0.5, 0.6) is 0 Å². The van der Waals surface area contributed by atoms with Crippen LogP contribution >= 0.6 is 0 Å². The van der Waals surface area contributed by atoms with Crippen LogP contribution in [0.1, 0.15) is 44.9 Å². The number of ether oxygens (including phenoxy) is 1. The lowest BCUT2D eigenvalue weighted by Gasteiger charge is -2.37. The number of rotatable bonds is 1. The second kappa shape index (κ2) is 6.41. The molecular weight excluding hydrogens is 332 g/mol. The van der Waals surface area contributed by atoms with E-state index in [1.165, 1.54) is 18.4 Å². The van der Waals surface area contributed by atoms with Crippen LogP contribution in [-0.4, -0.2) is 62.4 Å². The van der Waals surface area contributed by atoms with Gasteiger partial charge in [-0.05, 0) is 46.5 Å². The maximum absolute atomic E-state index is 12.3. The van der Waals surface area contributed by atoms with Gasteiger partial charge in [0.25, 0.3) is 5.78 Å². The standard InChI is InChI=1S/C18H26N6O2/c1-18(2,3)26-17(25)23-10-8-22(9-11-23)15-13-6-4-5-7-14(13)21-16-19-12-20-24(15)16/h12H,4-11H2,1-3H3. The van der Waals surface area contributed by atoms with E-state index < -0.39 is 5.60 Å². The van der Waals surface area contributed by atoms with Crippen molar-refractivity contribution in [1.29, 1.82) is 0 Å². The number of fused-ring (bicyclic) bond motifs is 2. The molecule has 0 N–H and O–H groups in total. The summed E-state index contributed by atoms with van der Waals surface area (Å²) in [5, 5.41) is 4.40. The number of amides is 1. The summed E-state index contributed by atoms with van der Waals surface area (Å²) < 4.78 is 7.35. The fraction of sp³-hybridized carbons (Fsp3) is 0.667. The van der Waals surface area contributed by atoms with Crippen LogP contribution < -0.4 is 4.90 Å². The molecule has 2 aliphatic rings. The average Bonchev–Trinajstić information content (AvgIpc) is 3.06. The molecule has 26 heavy (non-hydrogen) atoms. The molecule has 0 spiro atoms. The first-order valence-electron chi connectivity index (χ1n) is 9.37. The fourth-order valence-electron chi connectivity index (χ4n) is 3.72. The number of aryl methyl sites for hydroxylation is 1. The van der Waals surface area contributed by atoms with Gasteiger partial charge in [0.15, 0.2) is 0 Å². The van der Waals surface area contributed by atoms with E-state index >= 15 is 0 Å². The highest BCUT2D eigenvalue weighted by molar-refractivity contribution is 5.68. The predicted molar refractivity (Wildman–Crippen MR) is 97.4 cm³/mol. The van der Waals surface area contributed by atoms with E-state index in [1.54, 1.807) is 11.2 Å². The van der Waals surface area contributed by atoms with Gasteiger partial charge in [-0.3, -0.25) is 0 Å². The highest BCUT2D eigenvalue weighted by Crippen LogP contribution is 2.30. The van der Waals surface area contributed by atoms with Gasteiger partial charge in [0.05, 0.1) is 5.69 Å². The van der Waals surface area contributed by atoms with E-state index in [1.807, 2.05) is 25.3 Å². The van der Waals surface area contributed by atoms with Crippen molar-refractivity contribution in [3.05, 3.63) is 17.6 Å². The minimum absolute atomic E-state index is 0.236. The highest BCUT2D eigenvalue weighted by atomic mass is 16.6. The number of carbonyl (C=O) groups is 1. The summed E-state index contributed by atoms with van der Waals surface area (Å²) >= 11 is 0. The number of piperazine rings is 1. The summed E-state index contributed by atoms with van der Waals surface area (Å²) in [5.74, 6) is 1.77. The topological polar surface area (TPSA) is 75.9 Å². The molecule has 4 rings (SSSR count). The van der Waals surface area contributed by atoms with Crippen molar-refractivity contribution < 1.29 is 9.53 Å². The molecule has 0 aromatic carbocycles. The second-order valence-corrected chi connectivity index (χ2v) is 7.99. The summed E-state index contributed by atoms with van der Waals surface area (Å²) in [6, 6.07) is 0. The van der Waals surface area contributed by atoms with Gasteiger partial charge in [-0.2, -0.15) is 14.6 Å². The number of hydrogen-bond donors (Lipinski definition) is 0. The monoisotopic (exact) mass is 358 g/mol. The number of aromatic nitrogens is 4. The average molecular weight is 358 g/mol. The van der Waals surface area contributed by atoms with Gasteiger partial charge in [0.1, 0.15) is 17.7 Å². The minimum atomic E-state index is -0.467. The van der Waals surface area contributed by atoms with Crippen LogP contribution in [-0.2, 0) is 17.6 Å². The van der Waals surface area contributed by atoms with Gasteiger partial charge >= 0.3 is 6.09 Å². The van der Waals surface area contributed by atoms with Gasteiger partial charge in [0, 0.05) is 31.7 Å². The molecule has 8 heteroatoms. The molecule has 140 valence electrons. The number of hydrogen-bond acceptors (Lipinski definition) is 6. The third-order valence-corrected chi connectivity index (χ3v) is 4.90. The summed E-state index contributed by atoms with van der Waals surface area (Å²) in [7, 11) is 0. The zero-order valence-corrected chi connectivity index (χ0v) is 15.7. The van der Waals surface area contributed by atoms with E-state index in [0.717, 1.165) is 37.4 Å². The molecule has 1 aliphatic heterocycles. The molecule has 0 bridgehead atoms. The van der Waals surface area contributed by atoms with Crippen molar-refractivity contribution in [3.8, 4) is 0 Å². The Kier molecular flexibility index (Phi) is 4.20. The van der Waals surface area contributed by atoms with Gasteiger partial charge in [-0.15, -0.1) is 0 Å². The van der Waals surface area contributed by atoms with Crippen LogP contribution in [0.25, 0.3) is 5.78 Å². The summed E-state index contributed by atoms with van der Waals surface area (Å²) in [5.41, 5.74) is 1.98. The SMILES string of the molecule is CC(C)(C)OC(=O)N1CCN(c2c3c(nc4ncnn24)CCCC3)CC1. The van der Waals surface area contributed by atoms with Crippen LogP contribution in [0.2, 0.25) is 0 Å². The van der Waals surface area contributed by atoms with Gasteiger partial charge in [-0.25, -0.2) is 9.78 Å². The molecule has 1 aliphatic carbocycles. The van der Waals surface area contributed by atoms with E-state index in [-0.39, 0.29) is 6.09 Å². The van der Waals surface area contributed by atoms with Crippen molar-refractivity contribution in [2.45, 2.75) is 52.1 Å². The quantitative estimate of drug-likeness (QED) is 0.777.